The van der Waals surface area contributed by atoms with Crippen molar-refractivity contribution in [3.8, 4) is 0 Å². The monoisotopic (exact) mass is 289 g/mol. The minimum absolute atomic E-state index is 0.00767. The van der Waals surface area contributed by atoms with E-state index in [1.807, 2.05) is 6.07 Å². The molecule has 3 N–H and O–H groups in total. The van der Waals surface area contributed by atoms with E-state index in [9.17, 15) is 0 Å². The Morgan fingerprint density at radius 3 is 2.33 bits per heavy atom. The molecule has 0 saturated carbocycles. The van der Waals surface area contributed by atoms with Crippen LogP contribution in [0.25, 0.3) is 0 Å². The topological polar surface area (TPSA) is 67.1 Å². The van der Waals surface area contributed by atoms with Crippen molar-refractivity contribution in [2.45, 2.75) is 69.9 Å². The van der Waals surface area contributed by atoms with Crippen LogP contribution in [0.5, 0.6) is 0 Å². The van der Waals surface area contributed by atoms with Crippen molar-refractivity contribution >= 4 is 5.82 Å². The predicted octanol–water partition coefficient (Wildman–Crippen LogP) is 2.40. The summed E-state index contributed by atoms with van der Waals surface area (Å²) in [5.41, 5.74) is 3.77. The molecule has 116 valence electrons. The highest BCUT2D eigenvalue weighted by Crippen LogP contribution is 2.41. The van der Waals surface area contributed by atoms with Crippen LogP contribution in [0.4, 0.5) is 5.82 Å². The summed E-state index contributed by atoms with van der Waals surface area (Å²) in [7, 11) is 2.26. The van der Waals surface area contributed by atoms with Gasteiger partial charge in [-0.05, 0) is 32.7 Å². The first kappa shape index (κ1) is 14.7. The molecule has 3 rings (SSSR count). The maximum Gasteiger partial charge on any atom is 0.143 e. The molecule has 0 aliphatic carbocycles. The third-order valence-corrected chi connectivity index (χ3v) is 5.12. The second-order valence-electron chi connectivity index (χ2n) is 7.61. The van der Waals surface area contributed by atoms with Crippen molar-refractivity contribution in [3.63, 3.8) is 0 Å². The first-order valence-corrected chi connectivity index (χ1v) is 7.96. The van der Waals surface area contributed by atoms with Crippen molar-refractivity contribution in [3.05, 3.63) is 17.6 Å². The molecule has 3 heterocycles. The molecule has 5 heteroatoms. The minimum atomic E-state index is 0.00767. The van der Waals surface area contributed by atoms with Gasteiger partial charge in [-0.1, -0.05) is 20.8 Å². The largest absolute Gasteiger partial charge is 0.308 e. The zero-order chi connectivity index (χ0) is 15.2. The number of nitrogen functional groups attached to an aromatic ring is 1. The van der Waals surface area contributed by atoms with Crippen molar-refractivity contribution < 1.29 is 0 Å². The lowest BCUT2D eigenvalue weighted by molar-refractivity contribution is 0.158. The number of nitrogens with one attached hydrogen (secondary N) is 1. The fourth-order valence-electron chi connectivity index (χ4n) is 3.73. The molecule has 2 saturated heterocycles. The molecule has 2 aliphatic rings. The van der Waals surface area contributed by atoms with Crippen LogP contribution < -0.4 is 11.3 Å². The first-order chi connectivity index (χ1) is 9.88. The van der Waals surface area contributed by atoms with Gasteiger partial charge in [-0.3, -0.25) is 0 Å². The number of aromatic nitrogens is 2. The van der Waals surface area contributed by atoms with Gasteiger partial charge < -0.3 is 10.3 Å². The number of rotatable bonds is 2. The predicted molar refractivity (Wildman–Crippen MR) is 85.1 cm³/mol. The lowest BCUT2D eigenvalue weighted by Gasteiger charge is -2.36. The number of nitrogens with two attached hydrogens (primary N) is 1. The Hall–Kier alpha value is -1.20. The van der Waals surface area contributed by atoms with Crippen LogP contribution in [0, 0.1) is 0 Å². The summed E-state index contributed by atoms with van der Waals surface area (Å²) in [6, 6.07) is 3.36. The Kier molecular flexibility index (Phi) is 3.66. The number of hydrogen-bond acceptors (Lipinski definition) is 5. The smallest absolute Gasteiger partial charge is 0.143 e. The molecule has 0 aromatic carbocycles. The summed E-state index contributed by atoms with van der Waals surface area (Å²) in [6.45, 7) is 6.53. The lowest BCUT2D eigenvalue weighted by Crippen LogP contribution is -2.39. The Labute approximate surface area is 127 Å². The molecule has 2 fully saturated rings. The zero-order valence-electron chi connectivity index (χ0n) is 13.6. The summed E-state index contributed by atoms with van der Waals surface area (Å²) < 4.78 is 0. The van der Waals surface area contributed by atoms with Crippen LogP contribution in [0.1, 0.15) is 63.9 Å². The Morgan fingerprint density at radius 1 is 1.19 bits per heavy atom. The zero-order valence-corrected chi connectivity index (χ0v) is 13.6. The SMILES string of the molecule is CN1C2CCC1CC(c1nc(NN)cc(C(C)(C)C)n1)C2. The van der Waals surface area contributed by atoms with Gasteiger partial charge in [-0.2, -0.15) is 0 Å². The molecule has 0 radical (unpaired) electrons. The Balaban J connectivity index is 1.92. The third-order valence-electron chi connectivity index (χ3n) is 5.12. The van der Waals surface area contributed by atoms with Gasteiger partial charge in [0.2, 0.25) is 0 Å². The fourth-order valence-corrected chi connectivity index (χ4v) is 3.73. The summed E-state index contributed by atoms with van der Waals surface area (Å²) in [4.78, 5) is 12.1. The molecule has 1 aromatic rings. The molecule has 2 aliphatic heterocycles. The quantitative estimate of drug-likeness (QED) is 0.646. The van der Waals surface area contributed by atoms with Crippen LogP contribution in [-0.4, -0.2) is 34.0 Å². The lowest BCUT2D eigenvalue weighted by atomic mass is 9.88. The van der Waals surface area contributed by atoms with Gasteiger partial charge in [0.25, 0.3) is 0 Å². The van der Waals surface area contributed by atoms with Crippen LogP contribution in [0.15, 0.2) is 6.07 Å². The minimum Gasteiger partial charge on any atom is -0.308 e. The van der Waals surface area contributed by atoms with Crippen LogP contribution in [-0.2, 0) is 5.41 Å². The van der Waals surface area contributed by atoms with E-state index in [0.29, 0.717) is 18.0 Å². The van der Waals surface area contributed by atoms with E-state index in [2.05, 4.69) is 43.1 Å². The van der Waals surface area contributed by atoms with Crippen LogP contribution >= 0.6 is 0 Å². The summed E-state index contributed by atoms with van der Waals surface area (Å²) in [5, 5.41) is 0. The van der Waals surface area contributed by atoms with Gasteiger partial charge in [0, 0.05) is 29.5 Å². The second kappa shape index (κ2) is 5.21. The van der Waals surface area contributed by atoms with Gasteiger partial charge in [-0.15, -0.1) is 0 Å². The molecule has 1 aromatic heterocycles. The van der Waals surface area contributed by atoms with E-state index in [0.717, 1.165) is 17.3 Å². The molecule has 2 unspecified atom stereocenters. The Bertz CT molecular complexity index is 508. The van der Waals surface area contributed by atoms with E-state index >= 15 is 0 Å². The van der Waals surface area contributed by atoms with Crippen LogP contribution in [0.2, 0.25) is 0 Å². The fraction of sp³-hybridized carbons (Fsp3) is 0.750. The van der Waals surface area contributed by atoms with Gasteiger partial charge in [0.15, 0.2) is 0 Å². The first-order valence-electron chi connectivity index (χ1n) is 7.96. The van der Waals surface area contributed by atoms with Gasteiger partial charge in [-0.25, -0.2) is 15.8 Å². The molecule has 5 nitrogen and oxygen atoms in total. The summed E-state index contributed by atoms with van der Waals surface area (Å²) in [6.07, 6.45) is 4.98. The van der Waals surface area contributed by atoms with Crippen molar-refractivity contribution in [1.29, 1.82) is 0 Å². The number of fused-ring (bicyclic) bond motifs is 2. The molecule has 2 bridgehead atoms. The van der Waals surface area contributed by atoms with E-state index < -0.39 is 0 Å². The second-order valence-corrected chi connectivity index (χ2v) is 7.61. The van der Waals surface area contributed by atoms with Crippen molar-refractivity contribution in [2.75, 3.05) is 12.5 Å². The summed E-state index contributed by atoms with van der Waals surface area (Å²) in [5.74, 6) is 7.77. The van der Waals surface area contributed by atoms with E-state index in [1.165, 1.54) is 25.7 Å². The maximum absolute atomic E-state index is 5.60. The molecule has 2 atom stereocenters. The number of hydrazine groups is 1. The number of anilines is 1. The van der Waals surface area contributed by atoms with Crippen LogP contribution in [0.3, 0.4) is 0 Å². The normalized spacial score (nSPS) is 29.7. The van der Waals surface area contributed by atoms with E-state index in [4.69, 9.17) is 10.8 Å². The maximum atomic E-state index is 5.60. The number of nitrogens with zero attached hydrogens (tertiary/aromatic N) is 3. The summed E-state index contributed by atoms with van der Waals surface area (Å²) >= 11 is 0. The molecular formula is C16H27N5. The third kappa shape index (κ3) is 2.77. The van der Waals surface area contributed by atoms with Crippen molar-refractivity contribution in [1.82, 2.24) is 14.9 Å². The van der Waals surface area contributed by atoms with Crippen molar-refractivity contribution in [2.24, 2.45) is 5.84 Å². The highest BCUT2D eigenvalue weighted by Gasteiger charge is 2.40. The molecule has 21 heavy (non-hydrogen) atoms. The number of piperidine rings is 1. The number of hydrogen-bond donors (Lipinski definition) is 2. The highest BCUT2D eigenvalue weighted by atomic mass is 15.3. The highest BCUT2D eigenvalue weighted by molar-refractivity contribution is 5.37. The molecule has 0 spiro atoms. The molecule has 0 amide bonds. The standard InChI is InChI=1S/C16H27N5/c1-16(2,3)13-9-14(20-17)19-15(18-13)10-7-11-5-6-12(8-10)21(11)4/h9-12H,5-8,17H2,1-4H3,(H,18,19,20). The van der Waals surface area contributed by atoms with Gasteiger partial charge in [0.05, 0.1) is 5.69 Å². The average Bonchev–Trinajstić information content (AvgIpc) is 2.67. The van der Waals surface area contributed by atoms with Gasteiger partial charge in [0.1, 0.15) is 11.6 Å². The van der Waals surface area contributed by atoms with E-state index in [-0.39, 0.29) is 5.41 Å². The molecular weight excluding hydrogens is 262 g/mol. The Morgan fingerprint density at radius 2 is 1.81 bits per heavy atom. The van der Waals surface area contributed by atoms with Gasteiger partial charge >= 0.3 is 0 Å². The average molecular weight is 289 g/mol. The van der Waals surface area contributed by atoms with E-state index in [1.54, 1.807) is 0 Å².